The average Bonchev–Trinajstić information content (AvgIpc) is 2.30. The first kappa shape index (κ1) is 17.3. The second kappa shape index (κ2) is 7.31. The molecule has 0 saturated carbocycles. The molecule has 0 aliphatic rings. The SMILES string of the molecule is CCOc1ccc(Cl)cc1NC(=O)CC(C)(C)OC(C)=O. The number of carbonyl (C=O) groups excluding carboxylic acids is 2. The normalized spacial score (nSPS) is 10.9. The summed E-state index contributed by atoms with van der Waals surface area (Å²) >= 11 is 5.93. The van der Waals surface area contributed by atoms with Crippen LogP contribution in [0, 0.1) is 0 Å². The number of rotatable bonds is 6. The van der Waals surface area contributed by atoms with Crippen molar-refractivity contribution in [1.82, 2.24) is 0 Å². The van der Waals surface area contributed by atoms with Crippen LogP contribution in [0.3, 0.4) is 0 Å². The fourth-order valence-electron chi connectivity index (χ4n) is 1.89. The van der Waals surface area contributed by atoms with Gasteiger partial charge >= 0.3 is 5.97 Å². The number of ether oxygens (including phenoxy) is 2. The van der Waals surface area contributed by atoms with E-state index in [0.29, 0.717) is 23.1 Å². The van der Waals surface area contributed by atoms with E-state index in [9.17, 15) is 9.59 Å². The minimum atomic E-state index is -0.875. The summed E-state index contributed by atoms with van der Waals surface area (Å²) in [5, 5.41) is 3.22. The summed E-state index contributed by atoms with van der Waals surface area (Å²) in [4.78, 5) is 23.1. The van der Waals surface area contributed by atoms with Gasteiger partial charge in [0.25, 0.3) is 0 Å². The van der Waals surface area contributed by atoms with Crippen molar-refractivity contribution in [3.63, 3.8) is 0 Å². The van der Waals surface area contributed by atoms with Crippen LogP contribution >= 0.6 is 11.6 Å². The molecule has 0 radical (unpaired) electrons. The van der Waals surface area contributed by atoms with Crippen molar-refractivity contribution < 1.29 is 19.1 Å². The molecule has 21 heavy (non-hydrogen) atoms. The summed E-state index contributed by atoms with van der Waals surface area (Å²) in [6.07, 6.45) is 0.0324. The highest BCUT2D eigenvalue weighted by Crippen LogP contribution is 2.28. The van der Waals surface area contributed by atoms with Crippen LogP contribution in [-0.2, 0) is 14.3 Å². The molecule has 0 bridgehead atoms. The average molecular weight is 314 g/mol. The Hall–Kier alpha value is -1.75. The third-order valence-electron chi connectivity index (χ3n) is 2.52. The molecule has 0 spiro atoms. The molecule has 0 aliphatic carbocycles. The molecule has 6 heteroatoms. The number of esters is 1. The zero-order valence-corrected chi connectivity index (χ0v) is 13.4. The Bertz CT molecular complexity index is 528. The van der Waals surface area contributed by atoms with Gasteiger partial charge in [-0.15, -0.1) is 0 Å². The van der Waals surface area contributed by atoms with Gasteiger partial charge in [0, 0.05) is 11.9 Å². The van der Waals surface area contributed by atoms with E-state index in [2.05, 4.69) is 5.32 Å². The second-order valence-corrected chi connectivity index (χ2v) is 5.59. The standard InChI is InChI=1S/C15H20ClNO4/c1-5-20-13-7-6-11(16)8-12(13)17-14(19)9-15(3,4)21-10(2)18/h6-8H,5,9H2,1-4H3,(H,17,19). The predicted molar refractivity (Wildman–Crippen MR) is 81.7 cm³/mol. The first-order chi connectivity index (χ1) is 9.73. The van der Waals surface area contributed by atoms with Crippen molar-refractivity contribution in [3.05, 3.63) is 23.2 Å². The lowest BCUT2D eigenvalue weighted by molar-refractivity contribution is -0.155. The molecular weight excluding hydrogens is 294 g/mol. The van der Waals surface area contributed by atoms with Gasteiger partial charge in [-0.05, 0) is 39.0 Å². The molecule has 1 aromatic carbocycles. The van der Waals surface area contributed by atoms with E-state index in [-0.39, 0.29) is 12.3 Å². The molecule has 1 rings (SSSR count). The van der Waals surface area contributed by atoms with E-state index in [1.807, 2.05) is 6.92 Å². The van der Waals surface area contributed by atoms with Crippen LogP contribution in [0.1, 0.15) is 34.1 Å². The lowest BCUT2D eigenvalue weighted by Crippen LogP contribution is -2.32. The highest BCUT2D eigenvalue weighted by Gasteiger charge is 2.25. The van der Waals surface area contributed by atoms with E-state index in [4.69, 9.17) is 21.1 Å². The lowest BCUT2D eigenvalue weighted by Gasteiger charge is -2.24. The molecule has 116 valence electrons. The van der Waals surface area contributed by atoms with E-state index in [0.717, 1.165) is 0 Å². The molecule has 0 unspecified atom stereocenters. The van der Waals surface area contributed by atoms with Crippen LogP contribution in [-0.4, -0.2) is 24.1 Å². The summed E-state index contributed by atoms with van der Waals surface area (Å²) in [5.41, 5.74) is -0.381. The van der Waals surface area contributed by atoms with Crippen molar-refractivity contribution in [2.24, 2.45) is 0 Å². The van der Waals surface area contributed by atoms with Gasteiger partial charge in [0.1, 0.15) is 11.4 Å². The number of benzene rings is 1. The summed E-state index contributed by atoms with van der Waals surface area (Å²) in [6.45, 7) is 6.99. The van der Waals surface area contributed by atoms with Crippen molar-refractivity contribution in [2.45, 2.75) is 39.7 Å². The van der Waals surface area contributed by atoms with E-state index in [1.165, 1.54) is 6.92 Å². The van der Waals surface area contributed by atoms with E-state index < -0.39 is 11.6 Å². The summed E-state index contributed by atoms with van der Waals surface area (Å²) in [7, 11) is 0. The van der Waals surface area contributed by atoms with Crippen molar-refractivity contribution in [3.8, 4) is 5.75 Å². The number of nitrogens with one attached hydrogen (secondary N) is 1. The van der Waals surface area contributed by atoms with Crippen LogP contribution in [0.2, 0.25) is 5.02 Å². The minimum Gasteiger partial charge on any atom is -0.492 e. The monoisotopic (exact) mass is 313 g/mol. The molecule has 0 saturated heterocycles. The van der Waals surface area contributed by atoms with Gasteiger partial charge in [-0.1, -0.05) is 11.6 Å². The Morgan fingerprint density at radius 2 is 2.00 bits per heavy atom. The van der Waals surface area contributed by atoms with Crippen molar-refractivity contribution >= 4 is 29.2 Å². The van der Waals surface area contributed by atoms with Crippen molar-refractivity contribution in [1.29, 1.82) is 0 Å². The maximum absolute atomic E-state index is 12.1. The molecule has 0 atom stereocenters. The minimum absolute atomic E-state index is 0.0324. The molecule has 0 aliphatic heterocycles. The van der Waals surface area contributed by atoms with Gasteiger partial charge in [0.15, 0.2) is 0 Å². The Morgan fingerprint density at radius 1 is 1.33 bits per heavy atom. The van der Waals surface area contributed by atoms with Gasteiger partial charge in [-0.25, -0.2) is 0 Å². The zero-order chi connectivity index (χ0) is 16.0. The Morgan fingerprint density at radius 3 is 2.57 bits per heavy atom. The van der Waals surface area contributed by atoms with E-state index >= 15 is 0 Å². The highest BCUT2D eigenvalue weighted by molar-refractivity contribution is 6.31. The zero-order valence-electron chi connectivity index (χ0n) is 12.7. The summed E-state index contributed by atoms with van der Waals surface area (Å²) in [5.74, 6) is -0.171. The summed E-state index contributed by atoms with van der Waals surface area (Å²) in [6, 6.07) is 4.99. The van der Waals surface area contributed by atoms with Gasteiger partial charge in [-0.2, -0.15) is 0 Å². The topological polar surface area (TPSA) is 64.6 Å². The van der Waals surface area contributed by atoms with Crippen molar-refractivity contribution in [2.75, 3.05) is 11.9 Å². The Labute approximate surface area is 129 Å². The predicted octanol–water partition coefficient (Wildman–Crippen LogP) is 3.41. The third-order valence-corrected chi connectivity index (χ3v) is 2.76. The highest BCUT2D eigenvalue weighted by atomic mass is 35.5. The number of hydrogen-bond donors (Lipinski definition) is 1. The second-order valence-electron chi connectivity index (χ2n) is 5.15. The lowest BCUT2D eigenvalue weighted by atomic mass is 10.0. The fraction of sp³-hybridized carbons (Fsp3) is 0.467. The van der Waals surface area contributed by atoms with Gasteiger partial charge in [-0.3, -0.25) is 9.59 Å². The number of anilines is 1. The molecule has 1 aromatic rings. The first-order valence-electron chi connectivity index (χ1n) is 6.65. The maximum atomic E-state index is 12.1. The Kier molecular flexibility index (Phi) is 6.03. The maximum Gasteiger partial charge on any atom is 0.303 e. The molecule has 1 N–H and O–H groups in total. The van der Waals surface area contributed by atoms with Gasteiger partial charge in [0.05, 0.1) is 18.7 Å². The molecule has 0 aromatic heterocycles. The molecule has 0 fully saturated rings. The van der Waals surface area contributed by atoms with Crippen LogP contribution in [0.15, 0.2) is 18.2 Å². The van der Waals surface area contributed by atoms with Crippen LogP contribution in [0.25, 0.3) is 0 Å². The van der Waals surface area contributed by atoms with Crippen LogP contribution in [0.4, 0.5) is 5.69 Å². The molecule has 1 amide bonds. The van der Waals surface area contributed by atoms with E-state index in [1.54, 1.807) is 32.0 Å². The number of halogens is 1. The quantitative estimate of drug-likeness (QED) is 0.817. The first-order valence-corrected chi connectivity index (χ1v) is 7.03. The van der Waals surface area contributed by atoms with Crippen LogP contribution in [0.5, 0.6) is 5.75 Å². The molecule has 5 nitrogen and oxygen atoms in total. The van der Waals surface area contributed by atoms with Crippen LogP contribution < -0.4 is 10.1 Å². The number of hydrogen-bond acceptors (Lipinski definition) is 4. The largest absolute Gasteiger partial charge is 0.492 e. The summed E-state index contributed by atoms with van der Waals surface area (Å²) < 4.78 is 10.5. The Balaban J connectivity index is 2.78. The van der Waals surface area contributed by atoms with Gasteiger partial charge < -0.3 is 14.8 Å². The number of carbonyl (C=O) groups is 2. The molecule has 0 heterocycles. The third kappa shape index (κ3) is 6.04. The molecular formula is C15H20ClNO4. The smallest absolute Gasteiger partial charge is 0.303 e. The van der Waals surface area contributed by atoms with Gasteiger partial charge in [0.2, 0.25) is 5.91 Å². The number of amides is 1. The fourth-order valence-corrected chi connectivity index (χ4v) is 2.06.